The van der Waals surface area contributed by atoms with Gasteiger partial charge in [0.2, 0.25) is 0 Å². The molecule has 5 nitrogen and oxygen atoms in total. The number of likely N-dealkylation sites (tertiary alicyclic amines) is 1. The summed E-state index contributed by atoms with van der Waals surface area (Å²) in [7, 11) is 0. The van der Waals surface area contributed by atoms with Crippen molar-refractivity contribution in [1.29, 1.82) is 0 Å². The van der Waals surface area contributed by atoms with E-state index in [9.17, 15) is 0 Å². The number of piperidine rings is 1. The lowest BCUT2D eigenvalue weighted by molar-refractivity contribution is 0.230. The minimum absolute atomic E-state index is 0.570. The Kier molecular flexibility index (Phi) is 5.22. The van der Waals surface area contributed by atoms with Crippen LogP contribution in [0.5, 0.6) is 5.75 Å². The van der Waals surface area contributed by atoms with Gasteiger partial charge in [0.15, 0.2) is 0 Å². The van der Waals surface area contributed by atoms with Gasteiger partial charge in [-0.2, -0.15) is 0 Å². The molecule has 1 aromatic heterocycles. The van der Waals surface area contributed by atoms with Gasteiger partial charge in [0.05, 0.1) is 24.0 Å². The molecular formula is C20H30N4O. The second kappa shape index (κ2) is 7.75. The first-order chi connectivity index (χ1) is 12.3. The Morgan fingerprint density at radius 1 is 1.24 bits per heavy atom. The van der Waals surface area contributed by atoms with Gasteiger partial charge in [0, 0.05) is 24.7 Å². The summed E-state index contributed by atoms with van der Waals surface area (Å²) in [5.74, 6) is 0.942. The zero-order chi connectivity index (χ0) is 17.1. The number of rotatable bonds is 6. The van der Waals surface area contributed by atoms with Crippen LogP contribution in [0.4, 0.5) is 0 Å². The van der Waals surface area contributed by atoms with Gasteiger partial charge in [0.25, 0.3) is 0 Å². The smallest absolute Gasteiger partial charge is 0.121 e. The number of fused-ring (bicyclic) bond motifs is 1. The highest BCUT2D eigenvalue weighted by Crippen LogP contribution is 2.26. The van der Waals surface area contributed by atoms with Gasteiger partial charge in [-0.3, -0.25) is 0 Å². The largest absolute Gasteiger partial charge is 0.493 e. The van der Waals surface area contributed by atoms with Crippen molar-refractivity contribution in [1.82, 2.24) is 19.8 Å². The second-order valence-corrected chi connectivity index (χ2v) is 7.51. The van der Waals surface area contributed by atoms with Crippen molar-refractivity contribution in [2.24, 2.45) is 0 Å². The van der Waals surface area contributed by atoms with E-state index in [-0.39, 0.29) is 0 Å². The van der Waals surface area contributed by atoms with Crippen LogP contribution in [0.15, 0.2) is 24.5 Å². The molecule has 4 rings (SSSR count). The maximum absolute atomic E-state index is 5.98. The van der Waals surface area contributed by atoms with Crippen LogP contribution >= 0.6 is 0 Å². The Labute approximate surface area is 150 Å². The molecule has 2 aliphatic heterocycles. The molecule has 2 fully saturated rings. The van der Waals surface area contributed by atoms with Crippen molar-refractivity contribution in [3.63, 3.8) is 0 Å². The number of imidazole rings is 1. The summed E-state index contributed by atoms with van der Waals surface area (Å²) in [4.78, 5) is 7.19. The monoisotopic (exact) mass is 342 g/mol. The van der Waals surface area contributed by atoms with E-state index in [1.165, 1.54) is 37.7 Å². The lowest BCUT2D eigenvalue weighted by Gasteiger charge is -2.24. The number of benzene rings is 1. The van der Waals surface area contributed by atoms with E-state index in [4.69, 9.17) is 4.74 Å². The number of aromatic nitrogens is 2. The highest BCUT2D eigenvalue weighted by Gasteiger charge is 2.19. The van der Waals surface area contributed by atoms with Gasteiger partial charge in [-0.1, -0.05) is 0 Å². The summed E-state index contributed by atoms with van der Waals surface area (Å²) in [6.45, 7) is 7.71. The molecule has 2 saturated heterocycles. The third-order valence-corrected chi connectivity index (χ3v) is 5.80. The van der Waals surface area contributed by atoms with Crippen molar-refractivity contribution < 1.29 is 4.74 Å². The highest BCUT2D eigenvalue weighted by molar-refractivity contribution is 5.77. The average molecular weight is 342 g/mol. The Balaban J connectivity index is 1.33. The molecule has 0 unspecified atom stereocenters. The van der Waals surface area contributed by atoms with Gasteiger partial charge in [0.1, 0.15) is 5.75 Å². The molecule has 0 bridgehead atoms. The second-order valence-electron chi connectivity index (χ2n) is 7.51. The molecule has 0 aliphatic carbocycles. The SMILES string of the molecule is C[C@@H]1CCCN1CCCOc1ccc2c(c1)ncn2C1CCNCC1. The van der Waals surface area contributed by atoms with Crippen LogP contribution in [-0.4, -0.2) is 53.3 Å². The molecule has 1 N–H and O–H groups in total. The fraction of sp³-hybridized carbons (Fsp3) is 0.650. The molecule has 1 atom stereocenters. The van der Waals surface area contributed by atoms with Gasteiger partial charge in [-0.05, 0) is 70.8 Å². The predicted molar refractivity (Wildman–Crippen MR) is 101 cm³/mol. The molecule has 25 heavy (non-hydrogen) atoms. The molecule has 0 amide bonds. The number of nitrogens with zero attached hydrogens (tertiary/aromatic N) is 3. The fourth-order valence-electron chi connectivity index (χ4n) is 4.26. The van der Waals surface area contributed by atoms with E-state index in [0.717, 1.165) is 50.0 Å². The maximum Gasteiger partial charge on any atom is 0.121 e. The normalized spacial score (nSPS) is 22.7. The molecule has 1 aromatic carbocycles. The predicted octanol–water partition coefficient (Wildman–Crippen LogP) is 3.21. The zero-order valence-electron chi connectivity index (χ0n) is 15.3. The molecular weight excluding hydrogens is 312 g/mol. The first-order valence-corrected chi connectivity index (χ1v) is 9.85. The number of hydrogen-bond donors (Lipinski definition) is 1. The molecule has 0 radical (unpaired) electrons. The van der Waals surface area contributed by atoms with Crippen LogP contribution < -0.4 is 10.1 Å². The zero-order valence-corrected chi connectivity index (χ0v) is 15.3. The van der Waals surface area contributed by atoms with E-state index in [0.29, 0.717) is 6.04 Å². The Morgan fingerprint density at radius 2 is 2.12 bits per heavy atom. The highest BCUT2D eigenvalue weighted by atomic mass is 16.5. The summed E-state index contributed by atoms with van der Waals surface area (Å²) in [5.41, 5.74) is 2.27. The molecule has 2 aromatic rings. The van der Waals surface area contributed by atoms with Crippen LogP contribution in [0.25, 0.3) is 11.0 Å². The van der Waals surface area contributed by atoms with Crippen LogP contribution in [0.2, 0.25) is 0 Å². The third kappa shape index (κ3) is 3.82. The lowest BCUT2D eigenvalue weighted by atomic mass is 10.1. The summed E-state index contributed by atoms with van der Waals surface area (Å²) >= 11 is 0. The summed E-state index contributed by atoms with van der Waals surface area (Å²) in [6.07, 6.45) is 8.14. The molecule has 5 heteroatoms. The van der Waals surface area contributed by atoms with Gasteiger partial charge in [-0.25, -0.2) is 4.98 Å². The first kappa shape index (κ1) is 16.9. The standard InChI is InChI=1S/C20H30N4O/c1-16-4-2-11-23(16)12-3-13-25-18-5-6-20-19(14-18)22-15-24(20)17-7-9-21-10-8-17/h5-6,14-17,21H,2-4,7-13H2,1H3/t16-/m1/s1. The van der Waals surface area contributed by atoms with E-state index in [2.05, 4.69) is 44.9 Å². The van der Waals surface area contributed by atoms with Crippen LogP contribution in [-0.2, 0) is 0 Å². The summed E-state index contributed by atoms with van der Waals surface area (Å²) < 4.78 is 8.32. The quantitative estimate of drug-likeness (QED) is 0.819. The van der Waals surface area contributed by atoms with E-state index in [1.807, 2.05) is 6.33 Å². The summed E-state index contributed by atoms with van der Waals surface area (Å²) in [5, 5.41) is 3.43. The number of hydrogen-bond acceptors (Lipinski definition) is 4. The molecule has 0 spiro atoms. The van der Waals surface area contributed by atoms with Crippen LogP contribution in [0, 0.1) is 0 Å². The van der Waals surface area contributed by atoms with Crippen LogP contribution in [0.1, 0.15) is 45.1 Å². The maximum atomic E-state index is 5.98. The Hall–Kier alpha value is -1.59. The summed E-state index contributed by atoms with van der Waals surface area (Å²) in [6, 6.07) is 7.67. The topological polar surface area (TPSA) is 42.3 Å². The van der Waals surface area contributed by atoms with Crippen molar-refractivity contribution in [2.45, 2.75) is 51.1 Å². The van der Waals surface area contributed by atoms with Gasteiger partial charge >= 0.3 is 0 Å². The van der Waals surface area contributed by atoms with Crippen molar-refractivity contribution in [2.75, 3.05) is 32.8 Å². The number of nitrogens with one attached hydrogen (secondary N) is 1. The molecule has 3 heterocycles. The number of ether oxygens (including phenoxy) is 1. The Bertz CT molecular complexity index is 692. The third-order valence-electron chi connectivity index (χ3n) is 5.80. The van der Waals surface area contributed by atoms with Gasteiger partial charge < -0.3 is 19.5 Å². The Morgan fingerprint density at radius 3 is 2.92 bits per heavy atom. The molecule has 136 valence electrons. The van der Waals surface area contributed by atoms with Crippen LogP contribution in [0.3, 0.4) is 0 Å². The molecule has 2 aliphatic rings. The minimum atomic E-state index is 0.570. The fourth-order valence-corrected chi connectivity index (χ4v) is 4.26. The van der Waals surface area contributed by atoms with Crippen molar-refractivity contribution >= 4 is 11.0 Å². The van der Waals surface area contributed by atoms with Crippen molar-refractivity contribution in [3.8, 4) is 5.75 Å². The minimum Gasteiger partial charge on any atom is -0.493 e. The lowest BCUT2D eigenvalue weighted by Crippen LogP contribution is -2.29. The molecule has 0 saturated carbocycles. The van der Waals surface area contributed by atoms with E-state index < -0.39 is 0 Å². The van der Waals surface area contributed by atoms with E-state index >= 15 is 0 Å². The van der Waals surface area contributed by atoms with Crippen molar-refractivity contribution in [3.05, 3.63) is 24.5 Å². The van der Waals surface area contributed by atoms with Gasteiger partial charge in [-0.15, -0.1) is 0 Å². The average Bonchev–Trinajstić information content (AvgIpc) is 3.25. The first-order valence-electron chi connectivity index (χ1n) is 9.85. The van der Waals surface area contributed by atoms with E-state index in [1.54, 1.807) is 0 Å².